The summed E-state index contributed by atoms with van der Waals surface area (Å²) < 4.78 is 0. The van der Waals surface area contributed by atoms with Gasteiger partial charge in [-0.05, 0) is 57.8 Å². The molecule has 0 aliphatic carbocycles. The molecule has 1 fully saturated rings. The van der Waals surface area contributed by atoms with Crippen molar-refractivity contribution in [3.63, 3.8) is 0 Å². The van der Waals surface area contributed by atoms with Crippen molar-refractivity contribution in [1.82, 2.24) is 10.2 Å². The van der Waals surface area contributed by atoms with E-state index >= 15 is 0 Å². The minimum absolute atomic E-state index is 0.680. The molecule has 1 atom stereocenters. The zero-order chi connectivity index (χ0) is 11.6. The van der Waals surface area contributed by atoms with Gasteiger partial charge < -0.3 is 10.2 Å². The van der Waals surface area contributed by atoms with Gasteiger partial charge in [-0.2, -0.15) is 11.8 Å². The first kappa shape index (κ1) is 14.3. The highest BCUT2D eigenvalue weighted by Crippen LogP contribution is 2.07. The Bertz CT molecular complexity index is 164. The molecule has 0 aromatic rings. The molecular weight excluding hydrogens is 216 g/mol. The summed E-state index contributed by atoms with van der Waals surface area (Å²) in [5.41, 5.74) is 0. The van der Waals surface area contributed by atoms with Crippen molar-refractivity contribution >= 4 is 11.8 Å². The Morgan fingerprint density at radius 3 is 2.88 bits per heavy atom. The zero-order valence-corrected chi connectivity index (χ0v) is 11.8. The van der Waals surface area contributed by atoms with Crippen LogP contribution in [-0.2, 0) is 0 Å². The van der Waals surface area contributed by atoms with Crippen LogP contribution in [0.15, 0.2) is 0 Å². The second kappa shape index (κ2) is 9.32. The largest absolute Gasteiger partial charge is 0.313 e. The third kappa shape index (κ3) is 6.77. The van der Waals surface area contributed by atoms with Crippen molar-refractivity contribution in [2.75, 3.05) is 38.2 Å². The summed E-state index contributed by atoms with van der Waals surface area (Å²) in [4.78, 5) is 2.64. The highest BCUT2D eigenvalue weighted by molar-refractivity contribution is 7.98. The molecule has 1 aliphatic rings. The third-order valence-electron chi connectivity index (χ3n) is 3.25. The Morgan fingerprint density at radius 2 is 2.06 bits per heavy atom. The Labute approximate surface area is 106 Å². The second-order valence-electron chi connectivity index (χ2n) is 4.92. The Kier molecular flexibility index (Phi) is 8.34. The molecule has 0 spiro atoms. The van der Waals surface area contributed by atoms with Crippen molar-refractivity contribution in [3.05, 3.63) is 0 Å². The maximum Gasteiger partial charge on any atom is 0.0166 e. The smallest absolute Gasteiger partial charge is 0.0166 e. The third-order valence-corrected chi connectivity index (χ3v) is 3.95. The fraction of sp³-hybridized carbons (Fsp3) is 1.00. The summed E-state index contributed by atoms with van der Waals surface area (Å²) in [6.07, 6.45) is 9.14. The van der Waals surface area contributed by atoms with E-state index in [0.717, 1.165) is 0 Å². The zero-order valence-electron chi connectivity index (χ0n) is 11.0. The first-order valence-electron chi connectivity index (χ1n) is 6.77. The molecule has 96 valence electrons. The minimum atomic E-state index is 0.680. The molecule has 1 saturated heterocycles. The van der Waals surface area contributed by atoms with Gasteiger partial charge in [0.1, 0.15) is 0 Å². The maximum absolute atomic E-state index is 3.55. The molecule has 0 aromatic heterocycles. The van der Waals surface area contributed by atoms with Gasteiger partial charge >= 0.3 is 0 Å². The van der Waals surface area contributed by atoms with Crippen molar-refractivity contribution in [2.24, 2.45) is 0 Å². The highest BCUT2D eigenvalue weighted by atomic mass is 32.2. The molecule has 1 heterocycles. The SMILES string of the molecule is CSCCCCCCN1CCCNC(C)C1. The van der Waals surface area contributed by atoms with Gasteiger partial charge in [0.15, 0.2) is 0 Å². The Balaban J connectivity index is 1.98. The highest BCUT2D eigenvalue weighted by Gasteiger charge is 2.12. The summed E-state index contributed by atoms with van der Waals surface area (Å²) in [6, 6.07) is 0.680. The molecule has 16 heavy (non-hydrogen) atoms. The lowest BCUT2D eigenvalue weighted by atomic mass is 10.2. The Hall–Kier alpha value is 0.270. The van der Waals surface area contributed by atoms with E-state index in [1.165, 1.54) is 64.0 Å². The van der Waals surface area contributed by atoms with Gasteiger partial charge in [0, 0.05) is 12.6 Å². The van der Waals surface area contributed by atoms with Crippen LogP contribution in [0.4, 0.5) is 0 Å². The van der Waals surface area contributed by atoms with Crippen molar-refractivity contribution < 1.29 is 0 Å². The van der Waals surface area contributed by atoms with Crippen molar-refractivity contribution in [3.8, 4) is 0 Å². The first-order valence-corrected chi connectivity index (χ1v) is 8.17. The van der Waals surface area contributed by atoms with Crippen molar-refractivity contribution in [2.45, 2.75) is 45.1 Å². The number of thioether (sulfide) groups is 1. The minimum Gasteiger partial charge on any atom is -0.313 e. The molecule has 1 aliphatic heterocycles. The van der Waals surface area contributed by atoms with Crippen LogP contribution in [0, 0.1) is 0 Å². The van der Waals surface area contributed by atoms with E-state index in [0.29, 0.717) is 6.04 Å². The van der Waals surface area contributed by atoms with E-state index in [-0.39, 0.29) is 0 Å². The normalized spacial score (nSPS) is 23.2. The van der Waals surface area contributed by atoms with Gasteiger partial charge in [-0.25, -0.2) is 0 Å². The lowest BCUT2D eigenvalue weighted by Crippen LogP contribution is -2.35. The number of nitrogens with one attached hydrogen (secondary N) is 1. The molecule has 0 saturated carbocycles. The van der Waals surface area contributed by atoms with Crippen LogP contribution in [0.25, 0.3) is 0 Å². The van der Waals surface area contributed by atoms with Gasteiger partial charge in [-0.3, -0.25) is 0 Å². The van der Waals surface area contributed by atoms with Crippen molar-refractivity contribution in [1.29, 1.82) is 0 Å². The predicted molar refractivity (Wildman–Crippen MR) is 75.4 cm³/mol. The van der Waals surface area contributed by atoms with Crippen LogP contribution in [0.1, 0.15) is 39.0 Å². The van der Waals surface area contributed by atoms with Crippen LogP contribution >= 0.6 is 11.8 Å². The number of nitrogens with zero attached hydrogens (tertiary/aromatic N) is 1. The molecule has 2 nitrogen and oxygen atoms in total. The van der Waals surface area contributed by atoms with E-state index < -0.39 is 0 Å². The molecule has 1 rings (SSSR count). The van der Waals surface area contributed by atoms with Crippen LogP contribution in [-0.4, -0.2) is 49.1 Å². The maximum atomic E-state index is 3.55. The molecule has 0 aromatic carbocycles. The lowest BCUT2D eigenvalue weighted by Gasteiger charge is -2.22. The summed E-state index contributed by atoms with van der Waals surface area (Å²) in [5, 5.41) is 3.55. The Morgan fingerprint density at radius 1 is 1.25 bits per heavy atom. The topological polar surface area (TPSA) is 15.3 Å². The van der Waals surface area contributed by atoms with E-state index in [1.807, 2.05) is 11.8 Å². The average molecular weight is 244 g/mol. The molecule has 0 radical (unpaired) electrons. The fourth-order valence-corrected chi connectivity index (χ4v) is 2.83. The molecule has 1 unspecified atom stereocenters. The number of hydrogen-bond donors (Lipinski definition) is 1. The monoisotopic (exact) mass is 244 g/mol. The molecule has 3 heteroatoms. The van der Waals surface area contributed by atoms with E-state index in [4.69, 9.17) is 0 Å². The van der Waals surface area contributed by atoms with Gasteiger partial charge in [-0.15, -0.1) is 0 Å². The van der Waals surface area contributed by atoms with E-state index in [9.17, 15) is 0 Å². The molecule has 0 bridgehead atoms. The average Bonchev–Trinajstić information content (AvgIpc) is 2.48. The number of unbranched alkanes of at least 4 members (excludes halogenated alkanes) is 3. The standard InChI is InChI=1S/C13H28N2S/c1-13-12-15(10-7-8-14-13)9-5-3-4-6-11-16-2/h13-14H,3-12H2,1-2H3. The van der Waals surface area contributed by atoms with Gasteiger partial charge in [0.05, 0.1) is 0 Å². The summed E-state index contributed by atoms with van der Waals surface area (Å²) in [5.74, 6) is 1.34. The quantitative estimate of drug-likeness (QED) is 0.693. The molecular formula is C13H28N2S. The number of hydrogen-bond acceptors (Lipinski definition) is 3. The molecule has 1 N–H and O–H groups in total. The molecule has 0 amide bonds. The second-order valence-corrected chi connectivity index (χ2v) is 5.90. The van der Waals surface area contributed by atoms with Crippen LogP contribution in [0.2, 0.25) is 0 Å². The summed E-state index contributed by atoms with van der Waals surface area (Å²) >= 11 is 1.97. The summed E-state index contributed by atoms with van der Waals surface area (Å²) in [6.45, 7) is 7.35. The van der Waals surface area contributed by atoms with Gasteiger partial charge in [-0.1, -0.05) is 12.8 Å². The first-order chi connectivity index (χ1) is 7.83. The van der Waals surface area contributed by atoms with Crippen LogP contribution < -0.4 is 5.32 Å². The lowest BCUT2D eigenvalue weighted by molar-refractivity contribution is 0.266. The number of rotatable bonds is 7. The van der Waals surface area contributed by atoms with Crippen LogP contribution in [0.5, 0.6) is 0 Å². The summed E-state index contributed by atoms with van der Waals surface area (Å²) in [7, 11) is 0. The van der Waals surface area contributed by atoms with Gasteiger partial charge in [0.25, 0.3) is 0 Å². The van der Waals surface area contributed by atoms with E-state index in [2.05, 4.69) is 23.4 Å². The predicted octanol–water partition coefficient (Wildman–Crippen LogP) is 2.59. The van der Waals surface area contributed by atoms with Crippen LogP contribution in [0.3, 0.4) is 0 Å². The fourth-order valence-electron chi connectivity index (χ4n) is 2.33. The van der Waals surface area contributed by atoms with E-state index in [1.54, 1.807) is 0 Å². The van der Waals surface area contributed by atoms with Gasteiger partial charge in [0.2, 0.25) is 0 Å².